The number of hydrogen-bond acceptors (Lipinski definition) is 4. The Morgan fingerprint density at radius 1 is 0.972 bits per heavy atom. The molecular formula is C27H25F3N4O2. The van der Waals surface area contributed by atoms with E-state index in [1.165, 1.54) is 6.07 Å². The molecule has 3 aromatic rings. The van der Waals surface area contributed by atoms with Crippen LogP contribution in [0.5, 0.6) is 11.5 Å². The third kappa shape index (κ3) is 5.00. The average Bonchev–Trinajstić information content (AvgIpc) is 3.03. The number of carbonyl (C=O) groups excluding carboxylic acids is 1. The van der Waals surface area contributed by atoms with Crippen LogP contribution in [0.2, 0.25) is 0 Å². The molecule has 0 aromatic heterocycles. The molecule has 6 nitrogen and oxygen atoms in total. The number of aliphatic imine (C=N–C) groups is 1. The van der Waals surface area contributed by atoms with E-state index >= 15 is 0 Å². The molecule has 2 aliphatic heterocycles. The van der Waals surface area contributed by atoms with Gasteiger partial charge in [-0.2, -0.15) is 13.2 Å². The zero-order chi connectivity index (χ0) is 25.3. The summed E-state index contributed by atoms with van der Waals surface area (Å²) in [5.41, 5.74) is 2.41. The highest BCUT2D eigenvalue weighted by molar-refractivity contribution is 6.03. The molecule has 9 heteroatoms. The molecule has 2 heterocycles. The molecule has 0 radical (unpaired) electrons. The van der Waals surface area contributed by atoms with Gasteiger partial charge in [0.15, 0.2) is 5.75 Å². The number of hydrogen-bond donors (Lipinski definition) is 1. The van der Waals surface area contributed by atoms with E-state index in [-0.39, 0.29) is 11.8 Å². The van der Waals surface area contributed by atoms with Gasteiger partial charge in [0.05, 0.1) is 11.1 Å². The number of para-hydroxylation sites is 1. The molecule has 3 aromatic carbocycles. The lowest BCUT2D eigenvalue weighted by Gasteiger charge is -2.36. The highest BCUT2D eigenvalue weighted by Crippen LogP contribution is 2.41. The van der Waals surface area contributed by atoms with Gasteiger partial charge >= 0.3 is 12.2 Å². The number of amides is 2. The van der Waals surface area contributed by atoms with Gasteiger partial charge in [0.1, 0.15) is 17.3 Å². The Morgan fingerprint density at radius 2 is 1.75 bits per heavy atom. The summed E-state index contributed by atoms with van der Waals surface area (Å²) < 4.78 is 45.7. The quantitative estimate of drug-likeness (QED) is 0.496. The summed E-state index contributed by atoms with van der Waals surface area (Å²) in [6, 6.07) is 18.3. The van der Waals surface area contributed by atoms with E-state index in [1.807, 2.05) is 48.2 Å². The molecule has 0 atom stereocenters. The van der Waals surface area contributed by atoms with Gasteiger partial charge in [-0.1, -0.05) is 42.0 Å². The molecule has 0 bridgehead atoms. The minimum absolute atomic E-state index is 0.0569. The predicted octanol–water partition coefficient (Wildman–Crippen LogP) is 5.73. The second kappa shape index (κ2) is 9.56. The van der Waals surface area contributed by atoms with Crippen LogP contribution in [0.1, 0.15) is 22.3 Å². The summed E-state index contributed by atoms with van der Waals surface area (Å²) in [5, 5.41) is 2.97. The first kappa shape index (κ1) is 23.7. The number of rotatable bonds is 2. The molecule has 0 saturated carbocycles. The Kier molecular flexibility index (Phi) is 6.30. The molecule has 0 aliphatic carbocycles. The van der Waals surface area contributed by atoms with E-state index in [0.29, 0.717) is 55.6 Å². The number of nitrogens with zero attached hydrogens (tertiary/aromatic N) is 3. The number of nitrogens with one attached hydrogen (secondary N) is 1. The molecule has 5 rings (SSSR count). The number of urea groups is 1. The molecular weight excluding hydrogens is 469 g/mol. The van der Waals surface area contributed by atoms with Gasteiger partial charge < -0.3 is 19.9 Å². The minimum Gasteiger partial charge on any atom is -0.454 e. The van der Waals surface area contributed by atoms with Gasteiger partial charge in [0.25, 0.3) is 0 Å². The summed E-state index contributed by atoms with van der Waals surface area (Å²) in [7, 11) is 0. The van der Waals surface area contributed by atoms with Gasteiger partial charge in [-0.15, -0.1) is 0 Å². The van der Waals surface area contributed by atoms with E-state index < -0.39 is 11.7 Å². The lowest BCUT2D eigenvalue weighted by atomic mass is 10.1. The molecule has 0 spiro atoms. The molecule has 1 fully saturated rings. The van der Waals surface area contributed by atoms with Crippen LogP contribution >= 0.6 is 0 Å². The van der Waals surface area contributed by atoms with E-state index in [2.05, 4.69) is 5.32 Å². The Labute approximate surface area is 207 Å². The summed E-state index contributed by atoms with van der Waals surface area (Å²) >= 11 is 0. The lowest BCUT2D eigenvalue weighted by molar-refractivity contribution is -0.137. The standard InChI is InChI=1S/C27H25F3N4O2/c1-18-5-4-6-19(15-18)17-31-26(35)34-13-11-33(12-14-34)25-21-7-2-3-8-23(21)36-24-16-20(27(28,29)30)9-10-22(24)32-25/h2-10,15-16H,11-14,17H2,1H3,(H,31,35). The molecule has 1 saturated heterocycles. The zero-order valence-corrected chi connectivity index (χ0v) is 19.7. The predicted molar refractivity (Wildman–Crippen MR) is 131 cm³/mol. The van der Waals surface area contributed by atoms with Crippen molar-refractivity contribution in [2.75, 3.05) is 26.2 Å². The fourth-order valence-electron chi connectivity index (χ4n) is 4.37. The van der Waals surface area contributed by atoms with Crippen LogP contribution < -0.4 is 10.1 Å². The van der Waals surface area contributed by atoms with Crippen molar-refractivity contribution in [1.82, 2.24) is 15.1 Å². The van der Waals surface area contributed by atoms with Gasteiger partial charge in [0, 0.05) is 32.7 Å². The van der Waals surface area contributed by atoms with Crippen LogP contribution in [0.3, 0.4) is 0 Å². The Bertz CT molecular complexity index is 1310. The van der Waals surface area contributed by atoms with Gasteiger partial charge in [-0.3, -0.25) is 0 Å². The molecule has 2 aliphatic rings. The van der Waals surface area contributed by atoms with Crippen molar-refractivity contribution in [2.24, 2.45) is 4.99 Å². The fourth-order valence-corrected chi connectivity index (χ4v) is 4.37. The van der Waals surface area contributed by atoms with Crippen molar-refractivity contribution in [3.8, 4) is 11.5 Å². The van der Waals surface area contributed by atoms with Gasteiger partial charge in [-0.05, 0) is 42.8 Å². The van der Waals surface area contributed by atoms with E-state index in [0.717, 1.165) is 23.3 Å². The number of amidine groups is 1. The van der Waals surface area contributed by atoms with E-state index in [1.54, 1.807) is 17.0 Å². The van der Waals surface area contributed by atoms with Gasteiger partial charge in [0.2, 0.25) is 0 Å². The van der Waals surface area contributed by atoms with Crippen molar-refractivity contribution >= 4 is 17.6 Å². The van der Waals surface area contributed by atoms with Crippen LogP contribution in [0.15, 0.2) is 71.7 Å². The second-order valence-corrected chi connectivity index (χ2v) is 8.84. The topological polar surface area (TPSA) is 57.2 Å². The average molecular weight is 495 g/mol. The first-order valence-electron chi connectivity index (χ1n) is 11.7. The normalized spacial score (nSPS) is 15.3. The summed E-state index contributed by atoms with van der Waals surface area (Å²) in [6.07, 6.45) is -4.48. The molecule has 0 unspecified atom stereocenters. The number of alkyl halides is 3. The fraction of sp³-hybridized carbons (Fsp3) is 0.259. The van der Waals surface area contributed by atoms with E-state index in [9.17, 15) is 18.0 Å². The summed E-state index contributed by atoms with van der Waals surface area (Å²) in [5.74, 6) is 1.11. The van der Waals surface area contributed by atoms with Crippen LogP contribution in [0.4, 0.5) is 23.7 Å². The maximum Gasteiger partial charge on any atom is 0.416 e. The first-order valence-corrected chi connectivity index (χ1v) is 11.7. The van der Waals surface area contributed by atoms with Crippen molar-refractivity contribution in [3.63, 3.8) is 0 Å². The SMILES string of the molecule is Cc1cccc(CNC(=O)N2CCN(C3=Nc4ccc(C(F)(F)F)cc4Oc4ccccc43)CC2)c1. The first-order chi connectivity index (χ1) is 17.3. The Balaban J connectivity index is 1.32. The van der Waals surface area contributed by atoms with E-state index in [4.69, 9.17) is 9.73 Å². The highest BCUT2D eigenvalue weighted by Gasteiger charge is 2.33. The lowest BCUT2D eigenvalue weighted by Crippen LogP contribution is -2.53. The van der Waals surface area contributed by atoms with Crippen LogP contribution in [-0.4, -0.2) is 47.8 Å². The maximum atomic E-state index is 13.3. The molecule has 36 heavy (non-hydrogen) atoms. The molecule has 2 amide bonds. The van der Waals surface area contributed by atoms with Crippen LogP contribution in [0, 0.1) is 6.92 Å². The number of halogens is 3. The summed E-state index contributed by atoms with van der Waals surface area (Å²) in [6.45, 7) is 4.50. The zero-order valence-electron chi connectivity index (χ0n) is 19.7. The number of benzene rings is 3. The number of carbonyl (C=O) groups is 1. The summed E-state index contributed by atoms with van der Waals surface area (Å²) in [4.78, 5) is 21.2. The molecule has 186 valence electrons. The highest BCUT2D eigenvalue weighted by atomic mass is 19.4. The van der Waals surface area contributed by atoms with Crippen LogP contribution in [0.25, 0.3) is 0 Å². The molecule has 1 N–H and O–H groups in total. The smallest absolute Gasteiger partial charge is 0.416 e. The second-order valence-electron chi connectivity index (χ2n) is 8.84. The monoisotopic (exact) mass is 494 g/mol. The largest absolute Gasteiger partial charge is 0.454 e. The number of aryl methyl sites for hydroxylation is 1. The van der Waals surface area contributed by atoms with Crippen molar-refractivity contribution in [2.45, 2.75) is 19.6 Å². The van der Waals surface area contributed by atoms with Crippen molar-refractivity contribution in [1.29, 1.82) is 0 Å². The number of piperazine rings is 1. The van der Waals surface area contributed by atoms with Gasteiger partial charge in [-0.25, -0.2) is 9.79 Å². The Hall–Kier alpha value is -4.01. The Morgan fingerprint density at radius 3 is 2.50 bits per heavy atom. The number of fused-ring (bicyclic) bond motifs is 2. The number of ether oxygens (including phenoxy) is 1. The minimum atomic E-state index is -4.48. The van der Waals surface area contributed by atoms with Crippen LogP contribution in [-0.2, 0) is 12.7 Å². The van der Waals surface area contributed by atoms with Crippen molar-refractivity contribution in [3.05, 3.63) is 89.0 Å². The third-order valence-electron chi connectivity index (χ3n) is 6.25. The third-order valence-corrected chi connectivity index (χ3v) is 6.25. The van der Waals surface area contributed by atoms with Crippen molar-refractivity contribution < 1.29 is 22.7 Å². The maximum absolute atomic E-state index is 13.3.